The molecule has 0 bridgehead atoms. The first-order valence-corrected chi connectivity index (χ1v) is 15.3. The maximum absolute atomic E-state index is 14.2. The predicted molar refractivity (Wildman–Crippen MR) is 181 cm³/mol. The van der Waals surface area contributed by atoms with Crippen LogP contribution in [0, 0.1) is 10.8 Å². The second kappa shape index (κ2) is 19.2. The Hall–Kier alpha value is -5.93. The van der Waals surface area contributed by atoms with Crippen molar-refractivity contribution in [3.63, 3.8) is 0 Å². The average Bonchev–Trinajstić information content (AvgIpc) is 3.07. The third-order valence-electron chi connectivity index (χ3n) is 7.48. The molecule has 50 heavy (non-hydrogen) atoms. The standard InChI is InChI=1S/C32H40N8O3.C2HF3O2/c1-40(31(43)25(23-11-6-3-7-12-23)19-22-14-16-24(17-15-22)28(33)34)27(20-21-9-4-2-5-10-21)30(42)39-26(29(35)41)13-8-18-38-32(36)37;3-2(4,5)1(6)7/h2-7,9-12,14-17,25-27H,8,13,18-20H2,1H3,(H3,33,34)(H2,35,41)(H,39,42)(H4,36,37,38);(H,6,7)/t25-,26?,27-;/m0./s1. The van der Waals surface area contributed by atoms with Gasteiger partial charge in [-0.25, -0.2) is 4.79 Å². The van der Waals surface area contributed by atoms with E-state index in [0.717, 1.165) is 16.7 Å². The Morgan fingerprint density at radius 3 is 1.84 bits per heavy atom. The van der Waals surface area contributed by atoms with Crippen LogP contribution in [0.15, 0.2) is 84.9 Å². The Bertz CT molecular complexity index is 1610. The van der Waals surface area contributed by atoms with Crippen molar-refractivity contribution in [2.45, 2.75) is 49.9 Å². The second-order valence-electron chi connectivity index (χ2n) is 11.2. The summed E-state index contributed by atoms with van der Waals surface area (Å²) in [5.74, 6) is -5.05. The van der Waals surface area contributed by atoms with Crippen LogP contribution in [0.1, 0.15) is 41.0 Å². The van der Waals surface area contributed by atoms with E-state index in [1.165, 1.54) is 4.90 Å². The molecule has 16 heteroatoms. The number of nitrogens with two attached hydrogens (primary N) is 3. The monoisotopic (exact) mass is 698 g/mol. The van der Waals surface area contributed by atoms with Crippen molar-refractivity contribution in [1.29, 1.82) is 10.8 Å². The molecule has 0 heterocycles. The summed E-state index contributed by atoms with van der Waals surface area (Å²) in [6.07, 6.45) is -3.83. The summed E-state index contributed by atoms with van der Waals surface area (Å²) < 4.78 is 31.7. The van der Waals surface area contributed by atoms with Gasteiger partial charge in [-0.1, -0.05) is 84.9 Å². The quantitative estimate of drug-likeness (QED) is 0.0663. The van der Waals surface area contributed by atoms with Crippen LogP contribution < -0.4 is 27.8 Å². The van der Waals surface area contributed by atoms with Crippen molar-refractivity contribution in [2.75, 3.05) is 13.6 Å². The van der Waals surface area contributed by atoms with Gasteiger partial charge in [-0.3, -0.25) is 25.2 Å². The number of amidine groups is 1. The molecule has 3 aromatic carbocycles. The average molecular weight is 699 g/mol. The number of likely N-dealkylation sites (N-methyl/N-ethyl adjacent to an activating group) is 1. The molecule has 3 aromatic rings. The van der Waals surface area contributed by atoms with E-state index in [2.05, 4.69) is 10.6 Å². The van der Waals surface area contributed by atoms with Crippen LogP contribution in [0.25, 0.3) is 0 Å². The highest BCUT2D eigenvalue weighted by Crippen LogP contribution is 2.25. The van der Waals surface area contributed by atoms with Gasteiger partial charge in [0.2, 0.25) is 17.7 Å². The highest BCUT2D eigenvalue weighted by atomic mass is 19.4. The second-order valence-corrected chi connectivity index (χ2v) is 11.2. The summed E-state index contributed by atoms with van der Waals surface area (Å²) in [6, 6.07) is 24.0. The van der Waals surface area contributed by atoms with Gasteiger partial charge in [0.1, 0.15) is 17.9 Å². The number of aliphatic carboxylic acids is 1. The van der Waals surface area contributed by atoms with Crippen LogP contribution >= 0.6 is 0 Å². The number of benzene rings is 3. The molecule has 1 unspecified atom stereocenters. The first-order valence-electron chi connectivity index (χ1n) is 15.3. The van der Waals surface area contributed by atoms with E-state index in [0.29, 0.717) is 24.9 Å². The smallest absolute Gasteiger partial charge is 0.475 e. The minimum Gasteiger partial charge on any atom is -0.475 e. The summed E-state index contributed by atoms with van der Waals surface area (Å²) >= 11 is 0. The molecule has 0 aliphatic carbocycles. The number of alkyl halides is 3. The fourth-order valence-corrected chi connectivity index (χ4v) is 4.81. The molecule has 0 aliphatic heterocycles. The molecule has 0 aromatic heterocycles. The first kappa shape index (κ1) is 40.2. The van der Waals surface area contributed by atoms with Crippen LogP contribution in [-0.4, -0.2) is 77.3 Å². The predicted octanol–water partition coefficient (Wildman–Crippen LogP) is 2.23. The highest BCUT2D eigenvalue weighted by molar-refractivity contribution is 5.95. The largest absolute Gasteiger partial charge is 0.490 e. The van der Waals surface area contributed by atoms with E-state index >= 15 is 0 Å². The zero-order valence-corrected chi connectivity index (χ0v) is 27.2. The summed E-state index contributed by atoms with van der Waals surface area (Å²) in [5.41, 5.74) is 19.6. The van der Waals surface area contributed by atoms with Crippen molar-refractivity contribution in [3.05, 3.63) is 107 Å². The fraction of sp³-hybridized carbons (Fsp3) is 0.294. The number of nitrogen functional groups attached to an aromatic ring is 1. The van der Waals surface area contributed by atoms with Gasteiger partial charge in [-0.05, 0) is 36.0 Å². The number of rotatable bonds is 15. The molecular weight excluding hydrogens is 657 g/mol. The van der Waals surface area contributed by atoms with Gasteiger partial charge in [-0.15, -0.1) is 0 Å². The van der Waals surface area contributed by atoms with E-state index in [1.807, 2.05) is 72.8 Å². The minimum atomic E-state index is -5.08. The summed E-state index contributed by atoms with van der Waals surface area (Å²) in [6.45, 7) is 0.340. The molecule has 3 amide bonds. The van der Waals surface area contributed by atoms with Gasteiger partial charge in [0.25, 0.3) is 0 Å². The molecule has 13 nitrogen and oxygen atoms in total. The Morgan fingerprint density at radius 2 is 1.36 bits per heavy atom. The maximum Gasteiger partial charge on any atom is 0.490 e. The van der Waals surface area contributed by atoms with Crippen LogP contribution in [0.5, 0.6) is 0 Å². The number of primary amides is 1. The van der Waals surface area contributed by atoms with Crippen LogP contribution in [0.4, 0.5) is 13.2 Å². The molecule has 3 atom stereocenters. The van der Waals surface area contributed by atoms with Crippen molar-refractivity contribution < 1.29 is 37.5 Å². The van der Waals surface area contributed by atoms with Crippen molar-refractivity contribution in [1.82, 2.24) is 15.5 Å². The number of carboxylic acids is 1. The SMILES string of the molecule is CN(C(=O)[C@@H](Cc1ccc(C(=N)N)cc1)c1ccccc1)[C@@H](Cc1ccccc1)C(=O)NC(CCCNC(=N)N)C(N)=O.O=C(O)C(F)(F)F. The molecular formula is C34H41F3N8O5. The molecule has 3 rings (SSSR count). The van der Waals surface area contributed by atoms with Gasteiger partial charge >= 0.3 is 12.1 Å². The lowest BCUT2D eigenvalue weighted by Crippen LogP contribution is -2.55. The molecule has 0 saturated heterocycles. The topological polar surface area (TPSA) is 242 Å². The normalized spacial score (nSPS) is 12.6. The third kappa shape index (κ3) is 13.3. The van der Waals surface area contributed by atoms with Crippen LogP contribution in [-0.2, 0) is 32.0 Å². The van der Waals surface area contributed by atoms with Crippen LogP contribution in [0.3, 0.4) is 0 Å². The number of halogens is 3. The molecule has 268 valence electrons. The lowest BCUT2D eigenvalue weighted by molar-refractivity contribution is -0.192. The van der Waals surface area contributed by atoms with Gasteiger partial charge < -0.3 is 37.8 Å². The molecule has 0 aliphatic rings. The van der Waals surface area contributed by atoms with Gasteiger partial charge in [0.05, 0.1) is 5.92 Å². The number of hydrogen-bond donors (Lipinski definition) is 8. The van der Waals surface area contributed by atoms with Crippen LogP contribution in [0.2, 0.25) is 0 Å². The van der Waals surface area contributed by atoms with Gasteiger partial charge in [-0.2, -0.15) is 13.2 Å². The van der Waals surface area contributed by atoms with E-state index in [1.54, 1.807) is 19.2 Å². The maximum atomic E-state index is 14.2. The zero-order chi connectivity index (χ0) is 37.4. The lowest BCUT2D eigenvalue weighted by Gasteiger charge is -2.32. The van der Waals surface area contributed by atoms with E-state index in [4.69, 9.17) is 37.9 Å². The van der Waals surface area contributed by atoms with Gasteiger partial charge in [0, 0.05) is 25.6 Å². The molecule has 0 radical (unpaired) electrons. The Labute approximate surface area is 287 Å². The Morgan fingerprint density at radius 1 is 0.840 bits per heavy atom. The number of carbonyl (C=O) groups excluding carboxylic acids is 3. The number of carboxylic acid groups (broad SMARTS) is 1. The van der Waals surface area contributed by atoms with Gasteiger partial charge in [0.15, 0.2) is 5.96 Å². The Kier molecular flexibility index (Phi) is 15.4. The number of nitrogens with zero attached hydrogens (tertiary/aromatic N) is 1. The van der Waals surface area contributed by atoms with E-state index < -0.39 is 42.0 Å². The summed E-state index contributed by atoms with van der Waals surface area (Å²) in [7, 11) is 1.60. The molecule has 0 fully saturated rings. The van der Waals surface area contributed by atoms with E-state index in [9.17, 15) is 27.6 Å². The lowest BCUT2D eigenvalue weighted by atomic mass is 9.89. The molecule has 0 saturated carbocycles. The minimum absolute atomic E-state index is 0.0406. The molecule has 11 N–H and O–H groups in total. The fourth-order valence-electron chi connectivity index (χ4n) is 4.81. The van der Waals surface area contributed by atoms with Crippen molar-refractivity contribution in [2.24, 2.45) is 17.2 Å². The number of amides is 3. The molecule has 0 spiro atoms. The summed E-state index contributed by atoms with van der Waals surface area (Å²) in [5, 5.41) is 27.5. The number of nitrogens with one attached hydrogen (secondary N) is 4. The third-order valence-corrected chi connectivity index (χ3v) is 7.48. The highest BCUT2D eigenvalue weighted by Gasteiger charge is 2.38. The number of guanidine groups is 1. The Balaban J connectivity index is 0.00000112. The van der Waals surface area contributed by atoms with Crippen molar-refractivity contribution in [3.8, 4) is 0 Å². The first-order chi connectivity index (χ1) is 23.5. The van der Waals surface area contributed by atoms with Crippen molar-refractivity contribution >= 4 is 35.5 Å². The number of carbonyl (C=O) groups is 4. The van der Waals surface area contributed by atoms with E-state index in [-0.39, 0.29) is 30.5 Å². The summed E-state index contributed by atoms with van der Waals surface area (Å²) in [4.78, 5) is 50.5. The zero-order valence-electron chi connectivity index (χ0n) is 27.2. The number of hydrogen-bond acceptors (Lipinski definition) is 6.